The standard InChI is InChI=1S/C11H17BrN4/c12-8-6-14-11(15-7-8)16-10-5-3-1-2-4-9(10)13/h6-7,9-10H,1-5,13H2,(H,14,15,16). The highest BCUT2D eigenvalue weighted by atomic mass is 79.9. The zero-order valence-corrected chi connectivity index (χ0v) is 10.8. The summed E-state index contributed by atoms with van der Waals surface area (Å²) in [6.45, 7) is 0. The topological polar surface area (TPSA) is 63.8 Å². The number of aromatic nitrogens is 2. The van der Waals surface area contributed by atoms with Gasteiger partial charge in [0.25, 0.3) is 0 Å². The van der Waals surface area contributed by atoms with Crippen LogP contribution in [0.1, 0.15) is 32.1 Å². The number of nitrogens with one attached hydrogen (secondary N) is 1. The lowest BCUT2D eigenvalue weighted by molar-refractivity contribution is 0.525. The Morgan fingerprint density at radius 2 is 1.88 bits per heavy atom. The predicted molar refractivity (Wildman–Crippen MR) is 68.2 cm³/mol. The molecule has 2 unspecified atom stereocenters. The van der Waals surface area contributed by atoms with Gasteiger partial charge in [-0.2, -0.15) is 0 Å². The fourth-order valence-corrected chi connectivity index (χ4v) is 2.27. The molecule has 2 rings (SSSR count). The van der Waals surface area contributed by atoms with Crippen molar-refractivity contribution in [2.75, 3.05) is 5.32 Å². The number of anilines is 1. The molecule has 1 aliphatic rings. The molecule has 2 atom stereocenters. The van der Waals surface area contributed by atoms with Crippen LogP contribution in [0.2, 0.25) is 0 Å². The third kappa shape index (κ3) is 3.15. The fourth-order valence-electron chi connectivity index (χ4n) is 2.07. The summed E-state index contributed by atoms with van der Waals surface area (Å²) >= 11 is 3.32. The van der Waals surface area contributed by atoms with Crippen molar-refractivity contribution in [1.82, 2.24) is 9.97 Å². The summed E-state index contributed by atoms with van der Waals surface area (Å²) < 4.78 is 0.892. The van der Waals surface area contributed by atoms with Crippen LogP contribution in [-0.4, -0.2) is 22.1 Å². The van der Waals surface area contributed by atoms with Gasteiger partial charge in [0.15, 0.2) is 0 Å². The Kier molecular flexibility index (Phi) is 4.12. The summed E-state index contributed by atoms with van der Waals surface area (Å²) in [5.41, 5.74) is 6.13. The first-order valence-electron chi connectivity index (χ1n) is 5.75. The second kappa shape index (κ2) is 5.59. The van der Waals surface area contributed by atoms with E-state index in [0.29, 0.717) is 12.0 Å². The van der Waals surface area contributed by atoms with Crippen molar-refractivity contribution in [3.05, 3.63) is 16.9 Å². The maximum absolute atomic E-state index is 6.13. The van der Waals surface area contributed by atoms with Crippen LogP contribution in [0.15, 0.2) is 16.9 Å². The van der Waals surface area contributed by atoms with Crippen molar-refractivity contribution < 1.29 is 0 Å². The molecule has 3 N–H and O–H groups in total. The normalized spacial score (nSPS) is 26.1. The first-order chi connectivity index (χ1) is 7.75. The molecule has 0 amide bonds. The average molecular weight is 285 g/mol. The van der Waals surface area contributed by atoms with Crippen molar-refractivity contribution in [3.8, 4) is 0 Å². The minimum atomic E-state index is 0.217. The van der Waals surface area contributed by atoms with E-state index in [1.807, 2.05) is 0 Å². The van der Waals surface area contributed by atoms with Gasteiger partial charge in [0.2, 0.25) is 5.95 Å². The van der Waals surface area contributed by atoms with Gasteiger partial charge in [-0.05, 0) is 28.8 Å². The van der Waals surface area contributed by atoms with Crippen LogP contribution >= 0.6 is 15.9 Å². The van der Waals surface area contributed by atoms with Crippen LogP contribution in [0.5, 0.6) is 0 Å². The molecule has 0 radical (unpaired) electrons. The molecule has 0 spiro atoms. The molecule has 0 aromatic carbocycles. The highest BCUT2D eigenvalue weighted by Gasteiger charge is 2.20. The third-order valence-electron chi connectivity index (χ3n) is 3.00. The lowest BCUT2D eigenvalue weighted by Crippen LogP contribution is -2.39. The maximum Gasteiger partial charge on any atom is 0.222 e. The number of rotatable bonds is 2. The first-order valence-corrected chi connectivity index (χ1v) is 6.54. The fraction of sp³-hybridized carbons (Fsp3) is 0.636. The summed E-state index contributed by atoms with van der Waals surface area (Å²) in [6.07, 6.45) is 9.46. The molecule has 0 aliphatic heterocycles. The molecule has 1 saturated carbocycles. The van der Waals surface area contributed by atoms with E-state index in [4.69, 9.17) is 5.73 Å². The van der Waals surface area contributed by atoms with E-state index >= 15 is 0 Å². The Morgan fingerprint density at radius 3 is 2.62 bits per heavy atom. The molecule has 1 heterocycles. The zero-order chi connectivity index (χ0) is 11.4. The van der Waals surface area contributed by atoms with E-state index in [0.717, 1.165) is 17.3 Å². The number of halogens is 1. The second-order valence-corrected chi connectivity index (χ2v) is 5.19. The van der Waals surface area contributed by atoms with Crippen LogP contribution in [0.4, 0.5) is 5.95 Å². The Morgan fingerprint density at radius 1 is 1.19 bits per heavy atom. The van der Waals surface area contributed by atoms with Gasteiger partial charge in [0.1, 0.15) is 0 Å². The molecule has 4 nitrogen and oxygen atoms in total. The minimum absolute atomic E-state index is 0.217. The van der Waals surface area contributed by atoms with Gasteiger partial charge in [-0.3, -0.25) is 0 Å². The Balaban J connectivity index is 1.99. The summed E-state index contributed by atoms with van der Waals surface area (Å²) in [6, 6.07) is 0.526. The van der Waals surface area contributed by atoms with Gasteiger partial charge >= 0.3 is 0 Å². The maximum atomic E-state index is 6.13. The van der Waals surface area contributed by atoms with Crippen molar-refractivity contribution >= 4 is 21.9 Å². The molecular weight excluding hydrogens is 268 g/mol. The van der Waals surface area contributed by atoms with Crippen LogP contribution in [0.3, 0.4) is 0 Å². The Bertz CT molecular complexity index is 327. The van der Waals surface area contributed by atoms with E-state index in [9.17, 15) is 0 Å². The molecule has 0 saturated heterocycles. The molecule has 1 fully saturated rings. The number of hydrogen-bond acceptors (Lipinski definition) is 4. The summed E-state index contributed by atoms with van der Waals surface area (Å²) in [7, 11) is 0. The molecule has 5 heteroatoms. The van der Waals surface area contributed by atoms with Crippen LogP contribution < -0.4 is 11.1 Å². The van der Waals surface area contributed by atoms with E-state index in [2.05, 4.69) is 31.2 Å². The van der Waals surface area contributed by atoms with Crippen LogP contribution in [0.25, 0.3) is 0 Å². The van der Waals surface area contributed by atoms with E-state index < -0.39 is 0 Å². The van der Waals surface area contributed by atoms with Crippen LogP contribution in [-0.2, 0) is 0 Å². The molecule has 16 heavy (non-hydrogen) atoms. The summed E-state index contributed by atoms with van der Waals surface area (Å²) in [5, 5.41) is 3.33. The van der Waals surface area contributed by atoms with Gasteiger partial charge < -0.3 is 11.1 Å². The molecule has 0 bridgehead atoms. The first kappa shape index (κ1) is 11.8. The number of nitrogens with two attached hydrogens (primary N) is 1. The van der Waals surface area contributed by atoms with Crippen molar-refractivity contribution in [3.63, 3.8) is 0 Å². The van der Waals surface area contributed by atoms with Gasteiger partial charge in [-0.15, -0.1) is 0 Å². The predicted octanol–water partition coefficient (Wildman–Crippen LogP) is 2.31. The van der Waals surface area contributed by atoms with Gasteiger partial charge in [-0.1, -0.05) is 19.3 Å². The van der Waals surface area contributed by atoms with Gasteiger partial charge in [0, 0.05) is 24.5 Å². The highest BCUT2D eigenvalue weighted by Crippen LogP contribution is 2.19. The molecular formula is C11H17BrN4. The van der Waals surface area contributed by atoms with E-state index in [1.165, 1.54) is 19.3 Å². The monoisotopic (exact) mass is 284 g/mol. The quantitative estimate of drug-likeness (QED) is 0.818. The van der Waals surface area contributed by atoms with Crippen LogP contribution in [0, 0.1) is 0 Å². The van der Waals surface area contributed by atoms with Crippen molar-refractivity contribution in [2.45, 2.75) is 44.2 Å². The van der Waals surface area contributed by atoms with Gasteiger partial charge in [-0.25, -0.2) is 9.97 Å². The molecule has 1 aliphatic carbocycles. The van der Waals surface area contributed by atoms with E-state index in [1.54, 1.807) is 12.4 Å². The lowest BCUT2D eigenvalue weighted by atomic mass is 10.0. The SMILES string of the molecule is NC1CCCCCC1Nc1ncc(Br)cn1. The summed E-state index contributed by atoms with van der Waals surface area (Å²) in [4.78, 5) is 8.43. The van der Waals surface area contributed by atoms with E-state index in [-0.39, 0.29) is 6.04 Å². The Hall–Kier alpha value is -0.680. The molecule has 88 valence electrons. The average Bonchev–Trinajstić information content (AvgIpc) is 2.48. The van der Waals surface area contributed by atoms with Crippen molar-refractivity contribution in [2.24, 2.45) is 5.73 Å². The largest absolute Gasteiger partial charge is 0.350 e. The molecule has 1 aromatic heterocycles. The second-order valence-electron chi connectivity index (χ2n) is 4.28. The minimum Gasteiger partial charge on any atom is -0.350 e. The van der Waals surface area contributed by atoms with Crippen molar-refractivity contribution in [1.29, 1.82) is 0 Å². The molecule has 1 aromatic rings. The zero-order valence-electron chi connectivity index (χ0n) is 9.19. The number of hydrogen-bond donors (Lipinski definition) is 2. The number of nitrogens with zero attached hydrogens (tertiary/aromatic N) is 2. The third-order valence-corrected chi connectivity index (χ3v) is 3.41. The van der Waals surface area contributed by atoms with Gasteiger partial charge in [0.05, 0.1) is 4.47 Å². The smallest absolute Gasteiger partial charge is 0.222 e. The summed E-state index contributed by atoms with van der Waals surface area (Å²) in [5.74, 6) is 0.672. The highest BCUT2D eigenvalue weighted by molar-refractivity contribution is 9.10. The lowest BCUT2D eigenvalue weighted by Gasteiger charge is -2.22. The Labute approximate surface area is 104 Å².